The maximum atomic E-state index is 12.2. The van der Waals surface area contributed by atoms with Crippen molar-refractivity contribution in [1.82, 2.24) is 5.32 Å². The van der Waals surface area contributed by atoms with E-state index in [1.165, 1.54) is 11.3 Å². The van der Waals surface area contributed by atoms with E-state index >= 15 is 0 Å². The van der Waals surface area contributed by atoms with Crippen LogP contribution in [0, 0.1) is 0 Å². The monoisotopic (exact) mass is 321 g/mol. The quantitative estimate of drug-likeness (QED) is 0.857. The highest BCUT2D eigenvalue weighted by molar-refractivity contribution is 7.97. The minimum absolute atomic E-state index is 0.376. The smallest absolute Gasteiger partial charge is 0.331 e. The first-order valence-corrected chi connectivity index (χ1v) is 8.54. The molecule has 2 aromatic rings. The first kappa shape index (κ1) is 15.6. The van der Waals surface area contributed by atoms with Gasteiger partial charge in [0.15, 0.2) is 6.04 Å². The topological polar surface area (TPSA) is 66.4 Å². The molecule has 1 unspecified atom stereocenters. The molecule has 2 rings (SSSR count). The van der Waals surface area contributed by atoms with Gasteiger partial charge in [-0.25, -0.2) is 4.79 Å². The van der Waals surface area contributed by atoms with Crippen molar-refractivity contribution in [3.8, 4) is 0 Å². The Hall–Kier alpha value is -1.79. The van der Waals surface area contributed by atoms with Crippen molar-refractivity contribution in [3.05, 3.63) is 57.8 Å². The van der Waals surface area contributed by atoms with E-state index in [0.717, 1.165) is 11.3 Å². The Morgan fingerprint density at radius 2 is 2.14 bits per heavy atom. The number of thioether (sulfide) groups is 1. The molecule has 0 aliphatic carbocycles. The van der Waals surface area contributed by atoms with Gasteiger partial charge in [-0.3, -0.25) is 4.79 Å². The van der Waals surface area contributed by atoms with E-state index in [1.807, 2.05) is 12.3 Å². The van der Waals surface area contributed by atoms with Crippen LogP contribution in [0.3, 0.4) is 0 Å². The summed E-state index contributed by atoms with van der Waals surface area (Å²) in [6, 6.07) is 9.69. The molecule has 21 heavy (non-hydrogen) atoms. The van der Waals surface area contributed by atoms with E-state index in [1.54, 1.807) is 47.5 Å². The third-order valence-corrected chi connectivity index (χ3v) is 4.41. The summed E-state index contributed by atoms with van der Waals surface area (Å²) < 4.78 is 0. The van der Waals surface area contributed by atoms with Gasteiger partial charge in [-0.05, 0) is 35.4 Å². The Labute approximate surface area is 131 Å². The van der Waals surface area contributed by atoms with E-state index < -0.39 is 12.0 Å². The molecular formula is C15H15NO3S2. The third-order valence-electron chi connectivity index (χ3n) is 2.85. The third kappa shape index (κ3) is 4.09. The SMILES string of the molecule is CSCc1cccc(C(=O)NC(C(=O)O)c2cccs2)c1. The second kappa shape index (κ2) is 7.28. The maximum absolute atomic E-state index is 12.2. The van der Waals surface area contributed by atoms with E-state index in [0.29, 0.717) is 10.4 Å². The minimum atomic E-state index is -1.06. The molecule has 0 radical (unpaired) electrons. The molecule has 1 amide bonds. The van der Waals surface area contributed by atoms with Crippen LogP contribution in [-0.4, -0.2) is 23.2 Å². The molecule has 1 heterocycles. The first-order valence-electron chi connectivity index (χ1n) is 6.26. The number of rotatable bonds is 6. The number of carboxylic acids is 1. The lowest BCUT2D eigenvalue weighted by Crippen LogP contribution is -2.33. The molecule has 0 bridgehead atoms. The fourth-order valence-corrected chi connectivity index (χ4v) is 3.17. The van der Waals surface area contributed by atoms with Gasteiger partial charge in [0.05, 0.1) is 0 Å². The molecule has 110 valence electrons. The Bertz CT molecular complexity index is 626. The van der Waals surface area contributed by atoms with Crippen LogP contribution in [0.2, 0.25) is 0 Å². The van der Waals surface area contributed by atoms with Crippen molar-refractivity contribution < 1.29 is 14.7 Å². The number of amides is 1. The number of benzene rings is 1. The molecular weight excluding hydrogens is 306 g/mol. The molecule has 2 N–H and O–H groups in total. The number of hydrogen-bond donors (Lipinski definition) is 2. The predicted molar refractivity (Wildman–Crippen MR) is 85.8 cm³/mol. The number of carboxylic acid groups (broad SMARTS) is 1. The average molecular weight is 321 g/mol. The molecule has 1 atom stereocenters. The summed E-state index contributed by atoms with van der Waals surface area (Å²) in [5, 5.41) is 13.6. The highest BCUT2D eigenvalue weighted by Gasteiger charge is 2.23. The second-order valence-electron chi connectivity index (χ2n) is 4.39. The lowest BCUT2D eigenvalue weighted by atomic mass is 10.1. The summed E-state index contributed by atoms with van der Waals surface area (Å²) in [6.45, 7) is 0. The van der Waals surface area contributed by atoms with Crippen LogP contribution >= 0.6 is 23.1 Å². The van der Waals surface area contributed by atoms with Crippen molar-refractivity contribution in [1.29, 1.82) is 0 Å². The van der Waals surface area contributed by atoms with Gasteiger partial charge in [-0.1, -0.05) is 18.2 Å². The summed E-state index contributed by atoms with van der Waals surface area (Å²) in [4.78, 5) is 24.2. The predicted octanol–water partition coefficient (Wildman–Crippen LogP) is 3.17. The number of carbonyl (C=O) groups is 2. The van der Waals surface area contributed by atoms with Crippen molar-refractivity contribution in [2.24, 2.45) is 0 Å². The molecule has 0 aliphatic rings. The van der Waals surface area contributed by atoms with Crippen LogP contribution < -0.4 is 5.32 Å². The molecule has 1 aromatic heterocycles. The van der Waals surface area contributed by atoms with E-state index in [4.69, 9.17) is 0 Å². The molecule has 0 spiro atoms. The van der Waals surface area contributed by atoms with Gasteiger partial charge < -0.3 is 10.4 Å². The zero-order valence-electron chi connectivity index (χ0n) is 11.4. The number of hydrogen-bond acceptors (Lipinski definition) is 4. The number of carbonyl (C=O) groups excluding carboxylic acids is 1. The second-order valence-corrected chi connectivity index (χ2v) is 6.24. The molecule has 6 heteroatoms. The molecule has 0 saturated carbocycles. The van der Waals surface area contributed by atoms with Crippen LogP contribution in [0.4, 0.5) is 0 Å². The lowest BCUT2D eigenvalue weighted by Gasteiger charge is -2.13. The van der Waals surface area contributed by atoms with Gasteiger partial charge in [0, 0.05) is 16.2 Å². The summed E-state index contributed by atoms with van der Waals surface area (Å²) in [6.07, 6.45) is 1.99. The standard InChI is InChI=1S/C15H15NO3S2/c1-20-9-10-4-2-5-11(8-10)14(17)16-13(15(18)19)12-6-3-7-21-12/h2-8,13H,9H2,1H3,(H,16,17)(H,18,19). The fourth-order valence-electron chi connectivity index (χ4n) is 1.89. The number of nitrogens with one attached hydrogen (secondary N) is 1. The molecule has 4 nitrogen and oxygen atoms in total. The summed E-state index contributed by atoms with van der Waals surface area (Å²) in [5.74, 6) is -0.626. The van der Waals surface area contributed by atoms with Crippen LogP contribution in [-0.2, 0) is 10.5 Å². The maximum Gasteiger partial charge on any atom is 0.331 e. The van der Waals surface area contributed by atoms with E-state index in [-0.39, 0.29) is 5.91 Å². The van der Waals surface area contributed by atoms with E-state index in [9.17, 15) is 14.7 Å². The van der Waals surface area contributed by atoms with Crippen LogP contribution in [0.1, 0.15) is 26.8 Å². The van der Waals surface area contributed by atoms with Gasteiger partial charge in [0.25, 0.3) is 5.91 Å². The van der Waals surface area contributed by atoms with Crippen molar-refractivity contribution >= 4 is 35.0 Å². The number of aliphatic carboxylic acids is 1. The zero-order chi connectivity index (χ0) is 15.2. The highest BCUT2D eigenvalue weighted by Crippen LogP contribution is 2.20. The highest BCUT2D eigenvalue weighted by atomic mass is 32.2. The molecule has 0 aliphatic heterocycles. The first-order chi connectivity index (χ1) is 10.1. The summed E-state index contributed by atoms with van der Waals surface area (Å²) in [7, 11) is 0. The normalized spacial score (nSPS) is 11.9. The fraction of sp³-hybridized carbons (Fsp3) is 0.200. The molecule has 0 saturated heterocycles. The Morgan fingerprint density at radius 1 is 1.33 bits per heavy atom. The lowest BCUT2D eigenvalue weighted by molar-refractivity contribution is -0.139. The minimum Gasteiger partial charge on any atom is -0.479 e. The van der Waals surface area contributed by atoms with Crippen molar-refractivity contribution in [2.45, 2.75) is 11.8 Å². The van der Waals surface area contributed by atoms with Crippen molar-refractivity contribution in [3.63, 3.8) is 0 Å². The largest absolute Gasteiger partial charge is 0.479 e. The molecule has 1 aromatic carbocycles. The average Bonchev–Trinajstić information content (AvgIpc) is 2.98. The van der Waals surface area contributed by atoms with Crippen LogP contribution in [0.25, 0.3) is 0 Å². The Morgan fingerprint density at radius 3 is 2.76 bits per heavy atom. The van der Waals surface area contributed by atoms with Gasteiger partial charge >= 0.3 is 5.97 Å². The Kier molecular flexibility index (Phi) is 5.41. The van der Waals surface area contributed by atoms with Crippen LogP contribution in [0.5, 0.6) is 0 Å². The van der Waals surface area contributed by atoms with Gasteiger partial charge in [-0.15, -0.1) is 11.3 Å². The Balaban J connectivity index is 2.16. The summed E-state index contributed by atoms with van der Waals surface area (Å²) in [5.41, 5.74) is 1.52. The number of thiophene rings is 1. The molecule has 0 fully saturated rings. The zero-order valence-corrected chi connectivity index (χ0v) is 13.0. The van der Waals surface area contributed by atoms with Crippen molar-refractivity contribution in [2.75, 3.05) is 6.26 Å². The van der Waals surface area contributed by atoms with Gasteiger partial charge in [0.1, 0.15) is 0 Å². The summed E-state index contributed by atoms with van der Waals surface area (Å²) >= 11 is 2.98. The van der Waals surface area contributed by atoms with Gasteiger partial charge in [0.2, 0.25) is 0 Å². The van der Waals surface area contributed by atoms with Gasteiger partial charge in [-0.2, -0.15) is 11.8 Å². The van der Waals surface area contributed by atoms with E-state index in [2.05, 4.69) is 5.32 Å². The van der Waals surface area contributed by atoms with Crippen LogP contribution in [0.15, 0.2) is 41.8 Å².